The molecule has 1 amide bonds. The molecule has 1 N–H and O–H groups in total. The Morgan fingerprint density at radius 2 is 2.08 bits per heavy atom. The Morgan fingerprint density at radius 1 is 1.27 bits per heavy atom. The molecule has 0 bridgehead atoms. The topological polar surface area (TPSA) is 87.9 Å². The molecule has 1 fully saturated rings. The monoisotopic (exact) mass is 368 g/mol. The summed E-state index contributed by atoms with van der Waals surface area (Å²) in [6.07, 6.45) is 8.65. The van der Waals surface area contributed by atoms with Crippen LogP contribution >= 0.6 is 11.8 Å². The smallest absolute Gasteiger partial charge is 0.254 e. The molecule has 134 valence electrons. The summed E-state index contributed by atoms with van der Waals surface area (Å²) in [5.41, 5.74) is 1.14. The van der Waals surface area contributed by atoms with Crippen LogP contribution in [0.25, 0.3) is 0 Å². The van der Waals surface area contributed by atoms with Crippen molar-refractivity contribution in [1.82, 2.24) is 15.3 Å². The predicted molar refractivity (Wildman–Crippen MR) is 99.1 cm³/mol. The van der Waals surface area contributed by atoms with Gasteiger partial charge in [0.15, 0.2) is 0 Å². The van der Waals surface area contributed by atoms with E-state index in [2.05, 4.69) is 15.3 Å². The fourth-order valence-electron chi connectivity index (χ4n) is 3.00. The number of nitrogens with one attached hydrogen (secondary N) is 1. The van der Waals surface area contributed by atoms with E-state index >= 15 is 0 Å². The van der Waals surface area contributed by atoms with Gasteiger partial charge in [0.25, 0.3) is 5.91 Å². The zero-order chi connectivity index (χ0) is 18.4. The molecule has 2 aromatic heterocycles. The highest BCUT2D eigenvalue weighted by atomic mass is 32.2. The van der Waals surface area contributed by atoms with Crippen LogP contribution < -0.4 is 10.1 Å². The molecule has 0 atom stereocenters. The first-order chi connectivity index (χ1) is 12.7. The minimum atomic E-state index is -0.0689. The van der Waals surface area contributed by atoms with Crippen LogP contribution in [0.2, 0.25) is 0 Å². The van der Waals surface area contributed by atoms with Crippen LogP contribution in [0.4, 0.5) is 0 Å². The Labute approximate surface area is 157 Å². The highest BCUT2D eigenvalue weighted by Crippen LogP contribution is 2.24. The van der Waals surface area contributed by atoms with Crippen LogP contribution in [-0.2, 0) is 0 Å². The number of carbonyl (C=O) groups excluding carboxylic acids is 1. The summed E-state index contributed by atoms with van der Waals surface area (Å²) < 4.78 is 5.88. The molecule has 0 saturated heterocycles. The number of aromatic nitrogens is 2. The van der Waals surface area contributed by atoms with Gasteiger partial charge in [-0.2, -0.15) is 5.26 Å². The van der Waals surface area contributed by atoms with Gasteiger partial charge in [-0.15, -0.1) is 11.8 Å². The Bertz CT molecular complexity index is 796. The Kier molecular flexibility index (Phi) is 6.08. The molecule has 1 aliphatic rings. The highest BCUT2D eigenvalue weighted by Gasteiger charge is 2.25. The lowest BCUT2D eigenvalue weighted by molar-refractivity contribution is 0.0886. The van der Waals surface area contributed by atoms with E-state index < -0.39 is 0 Å². The van der Waals surface area contributed by atoms with Crippen molar-refractivity contribution in [1.29, 1.82) is 5.26 Å². The van der Waals surface area contributed by atoms with Crippen LogP contribution in [0, 0.1) is 11.3 Å². The molecule has 0 spiro atoms. The van der Waals surface area contributed by atoms with E-state index in [4.69, 9.17) is 10.00 Å². The van der Waals surface area contributed by atoms with Gasteiger partial charge in [0.1, 0.15) is 17.2 Å². The molecule has 26 heavy (non-hydrogen) atoms. The highest BCUT2D eigenvalue weighted by molar-refractivity contribution is 7.98. The normalized spacial score (nSPS) is 19.4. The number of nitrogens with zero attached hydrogens (tertiary/aromatic N) is 3. The molecule has 3 rings (SSSR count). The van der Waals surface area contributed by atoms with Gasteiger partial charge in [-0.3, -0.25) is 4.79 Å². The second-order valence-corrected chi connectivity index (χ2v) is 6.92. The van der Waals surface area contributed by atoms with E-state index in [-0.39, 0.29) is 18.1 Å². The standard InChI is InChI=1S/C19H20N4O2S/c1-26-19-16(3-2-10-21-19)18(24)23-14-5-7-15(8-6-14)25-17-9-4-13(11-20)12-22-17/h2-4,9-10,12,14-15H,5-8H2,1H3,(H,23,24). The summed E-state index contributed by atoms with van der Waals surface area (Å²) in [6.45, 7) is 0. The van der Waals surface area contributed by atoms with E-state index in [9.17, 15) is 4.79 Å². The molecular formula is C19H20N4O2S. The van der Waals surface area contributed by atoms with Crippen LogP contribution in [-0.4, -0.2) is 34.3 Å². The van der Waals surface area contributed by atoms with Gasteiger partial charge in [-0.05, 0) is 50.1 Å². The molecule has 7 heteroatoms. The van der Waals surface area contributed by atoms with E-state index in [1.807, 2.05) is 12.3 Å². The third-order valence-corrected chi connectivity index (χ3v) is 5.08. The molecule has 2 aromatic rings. The SMILES string of the molecule is CSc1ncccc1C(=O)NC1CCC(Oc2ccc(C#N)cn2)CC1. The summed E-state index contributed by atoms with van der Waals surface area (Å²) in [6, 6.07) is 9.19. The maximum absolute atomic E-state index is 12.5. The summed E-state index contributed by atoms with van der Waals surface area (Å²) in [4.78, 5) is 20.9. The molecule has 0 aromatic carbocycles. The third kappa shape index (κ3) is 4.52. The number of hydrogen-bond acceptors (Lipinski definition) is 6. The van der Waals surface area contributed by atoms with Gasteiger partial charge < -0.3 is 10.1 Å². The van der Waals surface area contributed by atoms with Crippen molar-refractivity contribution < 1.29 is 9.53 Å². The summed E-state index contributed by atoms with van der Waals surface area (Å²) >= 11 is 1.47. The number of rotatable bonds is 5. The van der Waals surface area contributed by atoms with Crippen LogP contribution in [0.5, 0.6) is 5.88 Å². The number of amides is 1. The minimum absolute atomic E-state index is 0.0689. The largest absolute Gasteiger partial charge is 0.474 e. The molecule has 6 nitrogen and oxygen atoms in total. The second-order valence-electron chi connectivity index (χ2n) is 6.12. The van der Waals surface area contributed by atoms with Crippen molar-refractivity contribution in [2.24, 2.45) is 0 Å². The molecule has 1 saturated carbocycles. The lowest BCUT2D eigenvalue weighted by Crippen LogP contribution is -2.40. The molecule has 0 aliphatic heterocycles. The fraction of sp³-hybridized carbons (Fsp3) is 0.368. The van der Waals surface area contributed by atoms with Crippen molar-refractivity contribution in [2.75, 3.05) is 6.26 Å². The van der Waals surface area contributed by atoms with Crippen molar-refractivity contribution >= 4 is 17.7 Å². The maximum Gasteiger partial charge on any atom is 0.254 e. The number of ether oxygens (including phenoxy) is 1. The fourth-order valence-corrected chi connectivity index (χ4v) is 3.55. The zero-order valence-electron chi connectivity index (χ0n) is 14.5. The molecule has 1 aliphatic carbocycles. The van der Waals surface area contributed by atoms with Crippen LogP contribution in [0.15, 0.2) is 41.7 Å². The van der Waals surface area contributed by atoms with Gasteiger partial charge in [0.2, 0.25) is 5.88 Å². The zero-order valence-corrected chi connectivity index (χ0v) is 15.3. The van der Waals surface area contributed by atoms with Gasteiger partial charge in [0.05, 0.1) is 11.1 Å². The quantitative estimate of drug-likeness (QED) is 0.816. The average molecular weight is 368 g/mol. The predicted octanol–water partition coefficient (Wildman–Crippen LogP) is 3.19. The lowest BCUT2D eigenvalue weighted by Gasteiger charge is -2.29. The van der Waals surface area contributed by atoms with Crippen molar-refractivity contribution in [2.45, 2.75) is 42.9 Å². The van der Waals surface area contributed by atoms with Gasteiger partial charge >= 0.3 is 0 Å². The molecule has 2 heterocycles. The number of hydrogen-bond donors (Lipinski definition) is 1. The Balaban J connectivity index is 1.50. The Morgan fingerprint density at radius 3 is 2.73 bits per heavy atom. The van der Waals surface area contributed by atoms with Gasteiger partial charge in [0, 0.05) is 24.5 Å². The first-order valence-corrected chi connectivity index (χ1v) is 9.74. The lowest BCUT2D eigenvalue weighted by atomic mass is 9.92. The molecule has 0 radical (unpaired) electrons. The Hall–Kier alpha value is -2.59. The van der Waals surface area contributed by atoms with E-state index in [1.54, 1.807) is 30.5 Å². The van der Waals surface area contributed by atoms with E-state index in [1.165, 1.54) is 18.0 Å². The van der Waals surface area contributed by atoms with Crippen molar-refractivity contribution in [3.05, 3.63) is 47.8 Å². The maximum atomic E-state index is 12.5. The number of pyridine rings is 2. The first-order valence-electron chi connectivity index (χ1n) is 8.52. The van der Waals surface area contributed by atoms with E-state index in [0.29, 0.717) is 17.0 Å². The average Bonchev–Trinajstić information content (AvgIpc) is 2.70. The summed E-state index contributed by atoms with van der Waals surface area (Å²) in [5.74, 6) is 0.469. The van der Waals surface area contributed by atoms with Gasteiger partial charge in [-0.25, -0.2) is 9.97 Å². The molecule has 0 unspecified atom stereocenters. The van der Waals surface area contributed by atoms with Crippen molar-refractivity contribution in [3.8, 4) is 11.9 Å². The second kappa shape index (κ2) is 8.68. The minimum Gasteiger partial charge on any atom is -0.474 e. The van der Waals surface area contributed by atoms with E-state index in [0.717, 1.165) is 30.7 Å². The van der Waals surface area contributed by atoms with Gasteiger partial charge in [-0.1, -0.05) is 0 Å². The number of nitriles is 1. The first kappa shape index (κ1) is 18.2. The van der Waals surface area contributed by atoms with Crippen molar-refractivity contribution in [3.63, 3.8) is 0 Å². The summed E-state index contributed by atoms with van der Waals surface area (Å²) in [7, 11) is 0. The number of thioether (sulfide) groups is 1. The van der Waals surface area contributed by atoms with Crippen LogP contribution in [0.1, 0.15) is 41.6 Å². The van der Waals surface area contributed by atoms with Crippen LogP contribution in [0.3, 0.4) is 0 Å². The molecular weight excluding hydrogens is 348 g/mol. The third-order valence-electron chi connectivity index (χ3n) is 4.37. The number of carbonyl (C=O) groups is 1. The summed E-state index contributed by atoms with van der Waals surface area (Å²) in [5, 5.41) is 12.6.